The van der Waals surface area contributed by atoms with Crippen molar-refractivity contribution < 1.29 is 14.6 Å². The first-order valence-electron chi connectivity index (χ1n) is 10.4. The number of esters is 1. The topological polar surface area (TPSA) is 76.0 Å². The predicted molar refractivity (Wildman–Crippen MR) is 101 cm³/mol. The predicted octanol–water partition coefficient (Wildman–Crippen LogP) is 5.11. The normalized spacial score (nSPS) is 40.0. The highest BCUT2D eigenvalue weighted by Gasteiger charge is 2.64. The Kier molecular flexibility index (Phi) is 3.69. The number of hydrogen-bond acceptors (Lipinski definition) is 5. The number of rotatable bonds is 1. The molecule has 1 N–H and O–H groups in total. The highest BCUT2D eigenvalue weighted by Crippen LogP contribution is 2.67. The van der Waals surface area contributed by atoms with Crippen molar-refractivity contribution in [2.75, 3.05) is 0 Å². The van der Waals surface area contributed by atoms with E-state index >= 15 is 0 Å². The van der Waals surface area contributed by atoms with Gasteiger partial charge in [0.2, 0.25) is 0 Å². The Balaban J connectivity index is 1.51. The van der Waals surface area contributed by atoms with Crippen LogP contribution in [0.25, 0.3) is 0 Å². The number of fused-ring (bicyclic) bond motifs is 6. The summed E-state index contributed by atoms with van der Waals surface area (Å²) in [5.41, 5.74) is 2.34. The summed E-state index contributed by atoms with van der Waals surface area (Å²) >= 11 is 0. The van der Waals surface area contributed by atoms with Crippen LogP contribution in [0.4, 0.5) is 5.69 Å². The van der Waals surface area contributed by atoms with Gasteiger partial charge in [0.1, 0.15) is 17.0 Å². The van der Waals surface area contributed by atoms with E-state index in [2.05, 4.69) is 12.1 Å². The first-order chi connectivity index (χ1) is 13.0. The Bertz CT molecular complexity index is 821. The van der Waals surface area contributed by atoms with Crippen LogP contribution in [-0.4, -0.2) is 16.7 Å². The fourth-order valence-electron chi connectivity index (χ4n) is 7.18. The summed E-state index contributed by atoms with van der Waals surface area (Å²) in [6.45, 7) is 2.37. The molecule has 5 heteroatoms. The van der Waals surface area contributed by atoms with E-state index in [-0.39, 0.29) is 28.4 Å². The van der Waals surface area contributed by atoms with Crippen LogP contribution in [0.3, 0.4) is 0 Å². The van der Waals surface area contributed by atoms with Crippen molar-refractivity contribution in [3.8, 4) is 5.75 Å². The number of carbonyl (C=O) groups excluding carboxylic acids is 1. The molecule has 1 aromatic carbocycles. The molecule has 1 spiro atoms. The Hall–Kier alpha value is -1.91. The SMILES string of the molecule is C[C@]12CCC3c4cc(N=O)c(O)cc4CCC3C1CC[C@@]21CCCC(=O)O1. The smallest absolute Gasteiger partial charge is 0.306 e. The third-order valence-corrected chi connectivity index (χ3v) is 8.48. The lowest BCUT2D eigenvalue weighted by atomic mass is 9.52. The number of phenolic OH excluding ortho intramolecular Hbond substituents is 1. The van der Waals surface area contributed by atoms with Crippen LogP contribution in [0, 0.1) is 22.2 Å². The fourth-order valence-corrected chi connectivity index (χ4v) is 7.18. The Labute approximate surface area is 159 Å². The molecule has 144 valence electrons. The minimum absolute atomic E-state index is 0.00298. The first-order valence-corrected chi connectivity index (χ1v) is 10.4. The highest BCUT2D eigenvalue weighted by molar-refractivity contribution is 5.71. The molecule has 1 saturated heterocycles. The van der Waals surface area contributed by atoms with Gasteiger partial charge in [-0.15, -0.1) is 4.91 Å². The lowest BCUT2D eigenvalue weighted by Gasteiger charge is -2.55. The van der Waals surface area contributed by atoms with E-state index in [4.69, 9.17) is 4.74 Å². The largest absolute Gasteiger partial charge is 0.506 e. The molecule has 0 amide bonds. The molecule has 5 nitrogen and oxygen atoms in total. The Morgan fingerprint density at radius 1 is 1.15 bits per heavy atom. The van der Waals surface area contributed by atoms with Crippen LogP contribution in [0.15, 0.2) is 17.3 Å². The van der Waals surface area contributed by atoms with Gasteiger partial charge in [-0.3, -0.25) is 4.79 Å². The maximum atomic E-state index is 12.1. The number of carbonyl (C=O) groups is 1. The number of aromatic hydroxyl groups is 1. The quantitative estimate of drug-likeness (QED) is 0.551. The van der Waals surface area contributed by atoms with Gasteiger partial charge in [-0.2, -0.15) is 0 Å². The number of benzene rings is 1. The summed E-state index contributed by atoms with van der Waals surface area (Å²) in [5, 5.41) is 13.0. The van der Waals surface area contributed by atoms with Crippen molar-refractivity contribution in [1.29, 1.82) is 0 Å². The van der Waals surface area contributed by atoms with Gasteiger partial charge in [0.15, 0.2) is 0 Å². The summed E-state index contributed by atoms with van der Waals surface area (Å²) in [6, 6.07) is 3.57. The lowest BCUT2D eigenvalue weighted by Crippen LogP contribution is -2.54. The van der Waals surface area contributed by atoms with Gasteiger partial charge in [0.25, 0.3) is 0 Å². The van der Waals surface area contributed by atoms with E-state index in [1.807, 2.05) is 6.07 Å². The molecule has 1 aliphatic heterocycles. The molecule has 0 aromatic heterocycles. The van der Waals surface area contributed by atoms with Gasteiger partial charge in [0, 0.05) is 11.8 Å². The van der Waals surface area contributed by atoms with Crippen LogP contribution in [0.5, 0.6) is 5.75 Å². The molecule has 3 fully saturated rings. The van der Waals surface area contributed by atoms with Crippen molar-refractivity contribution in [2.24, 2.45) is 22.4 Å². The van der Waals surface area contributed by atoms with Gasteiger partial charge in [-0.1, -0.05) is 6.92 Å². The van der Waals surface area contributed by atoms with E-state index in [1.54, 1.807) is 6.07 Å². The van der Waals surface area contributed by atoms with Crippen molar-refractivity contribution in [3.63, 3.8) is 0 Å². The zero-order chi connectivity index (χ0) is 18.8. The molecule has 2 saturated carbocycles. The number of ether oxygens (including phenoxy) is 1. The molecule has 3 aliphatic carbocycles. The van der Waals surface area contributed by atoms with Gasteiger partial charge in [-0.05, 0) is 97.6 Å². The molecule has 5 atom stereocenters. The van der Waals surface area contributed by atoms with Crippen LogP contribution in [0.1, 0.15) is 75.3 Å². The second-order valence-corrected chi connectivity index (χ2v) is 9.36. The zero-order valence-electron chi connectivity index (χ0n) is 15.9. The number of nitrogens with zero attached hydrogens (tertiary/aromatic N) is 1. The number of hydrogen-bond donors (Lipinski definition) is 1. The van der Waals surface area contributed by atoms with E-state index < -0.39 is 0 Å². The third kappa shape index (κ3) is 2.26. The Morgan fingerprint density at radius 2 is 2.00 bits per heavy atom. The molecule has 4 aliphatic rings. The average molecular weight is 369 g/mol. The third-order valence-electron chi connectivity index (χ3n) is 8.48. The van der Waals surface area contributed by atoms with Gasteiger partial charge in [-0.25, -0.2) is 0 Å². The lowest BCUT2D eigenvalue weighted by molar-refractivity contribution is -0.190. The van der Waals surface area contributed by atoms with Gasteiger partial charge < -0.3 is 9.84 Å². The average Bonchev–Trinajstić information content (AvgIpc) is 2.93. The zero-order valence-corrected chi connectivity index (χ0v) is 15.9. The first kappa shape index (κ1) is 17.2. The number of aryl methyl sites for hydroxylation is 1. The van der Waals surface area contributed by atoms with Gasteiger partial charge >= 0.3 is 5.97 Å². The van der Waals surface area contributed by atoms with E-state index in [1.165, 1.54) is 11.1 Å². The van der Waals surface area contributed by atoms with Crippen molar-refractivity contribution in [2.45, 2.75) is 76.2 Å². The molecular formula is C22H27NO4. The standard InChI is InChI=1S/C22H27NO4/c1-21-9-6-14-15(5-4-13-11-19(24)18(23-26)12-16(13)14)17(21)7-10-22(21)8-2-3-20(25)27-22/h11-12,14-15,17,24H,2-10H2,1H3/t14?,15?,17?,21-,22-/m0/s1. The van der Waals surface area contributed by atoms with Crippen LogP contribution < -0.4 is 0 Å². The minimum atomic E-state index is -0.261. The molecule has 0 bridgehead atoms. The second kappa shape index (κ2) is 5.79. The monoisotopic (exact) mass is 369 g/mol. The van der Waals surface area contributed by atoms with Crippen molar-refractivity contribution in [1.82, 2.24) is 0 Å². The number of nitroso groups, excluding NO2 is 1. The van der Waals surface area contributed by atoms with Crippen LogP contribution >= 0.6 is 0 Å². The van der Waals surface area contributed by atoms with E-state index in [0.29, 0.717) is 24.2 Å². The molecule has 1 heterocycles. The summed E-state index contributed by atoms with van der Waals surface area (Å²) < 4.78 is 6.08. The molecule has 27 heavy (non-hydrogen) atoms. The molecular weight excluding hydrogens is 342 g/mol. The second-order valence-electron chi connectivity index (χ2n) is 9.36. The van der Waals surface area contributed by atoms with Crippen LogP contribution in [-0.2, 0) is 16.0 Å². The molecule has 5 rings (SSSR count). The summed E-state index contributed by atoms with van der Waals surface area (Å²) in [5.74, 6) is 1.51. The molecule has 1 aromatic rings. The van der Waals surface area contributed by atoms with Crippen molar-refractivity contribution in [3.05, 3.63) is 28.2 Å². The highest BCUT2D eigenvalue weighted by atomic mass is 16.6. The summed E-state index contributed by atoms with van der Waals surface area (Å²) in [4.78, 5) is 23.2. The fraction of sp³-hybridized carbons (Fsp3) is 0.682. The van der Waals surface area contributed by atoms with Gasteiger partial charge in [0.05, 0.1) is 0 Å². The summed E-state index contributed by atoms with van der Waals surface area (Å²) in [7, 11) is 0. The Morgan fingerprint density at radius 3 is 2.78 bits per heavy atom. The maximum Gasteiger partial charge on any atom is 0.306 e. The molecule has 3 unspecified atom stereocenters. The molecule has 0 radical (unpaired) electrons. The number of phenols is 1. The maximum absolute atomic E-state index is 12.1. The van der Waals surface area contributed by atoms with E-state index in [9.17, 15) is 14.8 Å². The minimum Gasteiger partial charge on any atom is -0.506 e. The van der Waals surface area contributed by atoms with E-state index in [0.717, 1.165) is 51.4 Å². The van der Waals surface area contributed by atoms with Crippen LogP contribution in [0.2, 0.25) is 0 Å². The summed E-state index contributed by atoms with van der Waals surface area (Å²) in [6.07, 6.45) is 8.77. The van der Waals surface area contributed by atoms with Crippen molar-refractivity contribution >= 4 is 11.7 Å².